The van der Waals surface area contributed by atoms with Gasteiger partial charge in [-0.1, -0.05) is 6.07 Å². The van der Waals surface area contributed by atoms with Gasteiger partial charge in [-0.25, -0.2) is 0 Å². The lowest BCUT2D eigenvalue weighted by Gasteiger charge is -2.36. The van der Waals surface area contributed by atoms with Crippen LogP contribution in [-0.4, -0.2) is 85.5 Å². The molecule has 1 aromatic carbocycles. The number of aryl methyl sites for hydroxylation is 2. The van der Waals surface area contributed by atoms with E-state index >= 15 is 0 Å². The van der Waals surface area contributed by atoms with Crippen LogP contribution in [0, 0.1) is 0 Å². The first-order valence-corrected chi connectivity index (χ1v) is 9.70. The van der Waals surface area contributed by atoms with Crippen molar-refractivity contribution in [1.82, 2.24) is 14.7 Å². The fourth-order valence-electron chi connectivity index (χ4n) is 4.10. The first-order chi connectivity index (χ1) is 12.7. The molecule has 1 aliphatic carbocycles. The highest BCUT2D eigenvalue weighted by atomic mass is 16.5. The molecule has 26 heavy (non-hydrogen) atoms. The smallest absolute Gasteiger partial charge is 0.253 e. The minimum atomic E-state index is 0.0972. The molecule has 2 aliphatic heterocycles. The van der Waals surface area contributed by atoms with Crippen molar-refractivity contribution in [2.24, 2.45) is 0 Å². The van der Waals surface area contributed by atoms with Crippen LogP contribution < -0.4 is 0 Å². The van der Waals surface area contributed by atoms with Crippen LogP contribution in [0.5, 0.6) is 0 Å². The summed E-state index contributed by atoms with van der Waals surface area (Å²) in [5.74, 6) is 0.261. The Morgan fingerprint density at radius 1 is 0.885 bits per heavy atom. The molecule has 0 saturated carbocycles. The summed E-state index contributed by atoms with van der Waals surface area (Å²) >= 11 is 0. The summed E-state index contributed by atoms with van der Waals surface area (Å²) in [7, 11) is 0. The van der Waals surface area contributed by atoms with Crippen LogP contribution >= 0.6 is 0 Å². The molecule has 4 rings (SSSR count). The first kappa shape index (κ1) is 17.5. The van der Waals surface area contributed by atoms with E-state index in [4.69, 9.17) is 4.74 Å². The third-order valence-corrected chi connectivity index (χ3v) is 5.73. The third-order valence-electron chi connectivity index (χ3n) is 5.73. The van der Waals surface area contributed by atoms with E-state index in [0.717, 1.165) is 31.5 Å². The van der Waals surface area contributed by atoms with Gasteiger partial charge in [0.1, 0.15) is 0 Å². The quantitative estimate of drug-likeness (QED) is 0.803. The lowest BCUT2D eigenvalue weighted by Crippen LogP contribution is -2.53. The van der Waals surface area contributed by atoms with E-state index in [0.29, 0.717) is 45.9 Å². The van der Waals surface area contributed by atoms with Gasteiger partial charge in [0.25, 0.3) is 5.91 Å². The number of morpholine rings is 1. The molecule has 2 heterocycles. The third kappa shape index (κ3) is 3.76. The monoisotopic (exact) mass is 357 g/mol. The number of benzene rings is 1. The SMILES string of the molecule is O=C(CN1CCOCC1)N1CCN(C(=O)c2ccc3c(c2)CCC3)CC1. The standard InChI is InChI=1S/C20H27N3O3/c24-19(15-21-10-12-26-13-11-21)22-6-8-23(9-7-22)20(25)18-5-4-16-2-1-3-17(16)14-18/h4-5,14H,1-3,6-13,15H2. The zero-order chi connectivity index (χ0) is 17.9. The highest BCUT2D eigenvalue weighted by Crippen LogP contribution is 2.23. The van der Waals surface area contributed by atoms with E-state index in [1.807, 2.05) is 15.9 Å². The van der Waals surface area contributed by atoms with Gasteiger partial charge < -0.3 is 14.5 Å². The number of ether oxygens (including phenoxy) is 1. The number of hydrogen-bond acceptors (Lipinski definition) is 4. The number of carbonyl (C=O) groups excluding carboxylic acids is 2. The largest absolute Gasteiger partial charge is 0.379 e. The van der Waals surface area contributed by atoms with Crippen molar-refractivity contribution in [2.75, 3.05) is 59.0 Å². The molecule has 6 heteroatoms. The highest BCUT2D eigenvalue weighted by molar-refractivity contribution is 5.94. The summed E-state index contributed by atoms with van der Waals surface area (Å²) < 4.78 is 5.33. The van der Waals surface area contributed by atoms with E-state index in [1.54, 1.807) is 0 Å². The molecule has 2 fully saturated rings. The van der Waals surface area contributed by atoms with Gasteiger partial charge >= 0.3 is 0 Å². The van der Waals surface area contributed by atoms with Crippen LogP contribution in [0.2, 0.25) is 0 Å². The number of piperazine rings is 1. The molecule has 2 amide bonds. The van der Waals surface area contributed by atoms with Gasteiger partial charge in [-0.15, -0.1) is 0 Å². The molecular formula is C20H27N3O3. The Hall–Kier alpha value is -1.92. The molecule has 2 saturated heterocycles. The molecular weight excluding hydrogens is 330 g/mol. The lowest BCUT2D eigenvalue weighted by atomic mass is 10.1. The average molecular weight is 357 g/mol. The Morgan fingerprint density at radius 3 is 2.35 bits per heavy atom. The molecule has 0 unspecified atom stereocenters. The molecule has 0 atom stereocenters. The van der Waals surface area contributed by atoms with Crippen molar-refractivity contribution in [3.05, 3.63) is 34.9 Å². The van der Waals surface area contributed by atoms with Crippen molar-refractivity contribution in [3.8, 4) is 0 Å². The van der Waals surface area contributed by atoms with E-state index < -0.39 is 0 Å². The second kappa shape index (κ2) is 7.76. The molecule has 6 nitrogen and oxygen atoms in total. The maximum Gasteiger partial charge on any atom is 0.253 e. The zero-order valence-electron chi connectivity index (χ0n) is 15.3. The first-order valence-electron chi connectivity index (χ1n) is 9.70. The fourth-order valence-corrected chi connectivity index (χ4v) is 4.10. The van der Waals surface area contributed by atoms with E-state index in [1.165, 1.54) is 17.5 Å². The summed E-state index contributed by atoms with van der Waals surface area (Å²) in [6.07, 6.45) is 3.41. The van der Waals surface area contributed by atoms with Gasteiger partial charge in [0.05, 0.1) is 19.8 Å². The number of hydrogen-bond donors (Lipinski definition) is 0. The topological polar surface area (TPSA) is 53.1 Å². The van der Waals surface area contributed by atoms with Crippen molar-refractivity contribution in [2.45, 2.75) is 19.3 Å². The van der Waals surface area contributed by atoms with E-state index in [2.05, 4.69) is 17.0 Å². The Labute approximate surface area is 154 Å². The zero-order valence-corrected chi connectivity index (χ0v) is 15.3. The van der Waals surface area contributed by atoms with Crippen molar-refractivity contribution >= 4 is 11.8 Å². The van der Waals surface area contributed by atoms with Crippen LogP contribution in [0.1, 0.15) is 27.9 Å². The number of nitrogens with zero attached hydrogens (tertiary/aromatic N) is 3. The minimum absolute atomic E-state index is 0.0972. The lowest BCUT2D eigenvalue weighted by molar-refractivity contribution is -0.134. The van der Waals surface area contributed by atoms with Crippen LogP contribution in [0.3, 0.4) is 0 Å². The Balaban J connectivity index is 1.30. The van der Waals surface area contributed by atoms with Gasteiger partial charge in [-0.05, 0) is 42.5 Å². The molecule has 3 aliphatic rings. The number of rotatable bonds is 3. The van der Waals surface area contributed by atoms with E-state index in [9.17, 15) is 9.59 Å². The summed E-state index contributed by atoms with van der Waals surface area (Å²) in [6.45, 7) is 6.00. The minimum Gasteiger partial charge on any atom is -0.379 e. The van der Waals surface area contributed by atoms with Crippen molar-refractivity contribution < 1.29 is 14.3 Å². The summed E-state index contributed by atoms with van der Waals surface area (Å²) in [6, 6.07) is 6.14. The van der Waals surface area contributed by atoms with Crippen LogP contribution in [0.15, 0.2) is 18.2 Å². The summed E-state index contributed by atoms with van der Waals surface area (Å²) in [4.78, 5) is 31.2. The fraction of sp³-hybridized carbons (Fsp3) is 0.600. The summed E-state index contributed by atoms with van der Waals surface area (Å²) in [5, 5.41) is 0. The van der Waals surface area contributed by atoms with Crippen LogP contribution in [-0.2, 0) is 22.4 Å². The van der Waals surface area contributed by atoms with Crippen molar-refractivity contribution in [3.63, 3.8) is 0 Å². The predicted octanol–water partition coefficient (Wildman–Crippen LogP) is 0.792. The number of fused-ring (bicyclic) bond motifs is 1. The Kier molecular flexibility index (Phi) is 5.22. The van der Waals surface area contributed by atoms with Gasteiger partial charge in [-0.2, -0.15) is 0 Å². The van der Waals surface area contributed by atoms with Gasteiger partial charge in [0, 0.05) is 44.8 Å². The van der Waals surface area contributed by atoms with Crippen molar-refractivity contribution in [1.29, 1.82) is 0 Å². The maximum absolute atomic E-state index is 12.8. The van der Waals surface area contributed by atoms with Gasteiger partial charge in [0.2, 0.25) is 5.91 Å². The van der Waals surface area contributed by atoms with Crippen LogP contribution in [0.25, 0.3) is 0 Å². The highest BCUT2D eigenvalue weighted by Gasteiger charge is 2.26. The molecule has 1 aromatic rings. The van der Waals surface area contributed by atoms with Crippen LogP contribution in [0.4, 0.5) is 0 Å². The van der Waals surface area contributed by atoms with Gasteiger partial charge in [-0.3, -0.25) is 14.5 Å². The van der Waals surface area contributed by atoms with E-state index in [-0.39, 0.29) is 11.8 Å². The Morgan fingerprint density at radius 2 is 1.58 bits per heavy atom. The number of amides is 2. The molecule has 140 valence electrons. The molecule has 0 spiro atoms. The average Bonchev–Trinajstić information content (AvgIpc) is 3.16. The maximum atomic E-state index is 12.8. The number of carbonyl (C=O) groups is 2. The van der Waals surface area contributed by atoms with Gasteiger partial charge in [0.15, 0.2) is 0 Å². The Bertz CT molecular complexity index is 677. The second-order valence-corrected chi connectivity index (χ2v) is 7.40. The molecule has 0 N–H and O–H groups in total. The normalized spacial score (nSPS) is 20.9. The predicted molar refractivity (Wildman–Crippen MR) is 98.2 cm³/mol. The molecule has 0 bridgehead atoms. The second-order valence-electron chi connectivity index (χ2n) is 7.40. The molecule has 0 aromatic heterocycles. The molecule has 0 radical (unpaired) electrons. The summed E-state index contributed by atoms with van der Waals surface area (Å²) in [5.41, 5.74) is 3.51.